The number of aromatic nitrogens is 1. The molecule has 1 amide bonds. The third kappa shape index (κ3) is 5.79. The highest BCUT2D eigenvalue weighted by molar-refractivity contribution is 5.67. The summed E-state index contributed by atoms with van der Waals surface area (Å²) in [7, 11) is 0. The fourth-order valence-electron chi connectivity index (χ4n) is 1.80. The Morgan fingerprint density at radius 3 is 2.91 bits per heavy atom. The Hall–Kier alpha value is -2.87. The van der Waals surface area contributed by atoms with Crippen molar-refractivity contribution in [1.29, 1.82) is 0 Å². The molecule has 0 aliphatic carbocycles. The SMILES string of the molecule is Cc1cnc(F)c(C#CCCNC(=O)OCc2ccccc2)c1. The van der Waals surface area contributed by atoms with Gasteiger partial charge in [0.15, 0.2) is 0 Å². The number of carbonyl (C=O) groups excluding carboxylic acids is 1. The van der Waals surface area contributed by atoms with Crippen LogP contribution in [0.25, 0.3) is 0 Å². The Balaban J connectivity index is 1.70. The van der Waals surface area contributed by atoms with Crippen molar-refractivity contribution in [3.8, 4) is 11.8 Å². The number of nitrogens with one attached hydrogen (secondary N) is 1. The summed E-state index contributed by atoms with van der Waals surface area (Å²) in [6.45, 7) is 2.38. The van der Waals surface area contributed by atoms with E-state index >= 15 is 0 Å². The van der Waals surface area contributed by atoms with Crippen LogP contribution >= 0.6 is 0 Å². The van der Waals surface area contributed by atoms with Gasteiger partial charge in [-0.25, -0.2) is 9.78 Å². The fraction of sp³-hybridized carbons (Fsp3) is 0.222. The lowest BCUT2D eigenvalue weighted by atomic mass is 10.2. The zero-order chi connectivity index (χ0) is 16.5. The maximum atomic E-state index is 13.4. The molecular formula is C18H17FN2O2. The van der Waals surface area contributed by atoms with Crippen molar-refractivity contribution >= 4 is 6.09 Å². The van der Waals surface area contributed by atoms with Gasteiger partial charge in [-0.1, -0.05) is 42.2 Å². The Labute approximate surface area is 134 Å². The predicted octanol–water partition coefficient (Wildman–Crippen LogP) is 3.20. The molecule has 0 aliphatic rings. The second-order valence-corrected chi connectivity index (χ2v) is 4.89. The molecule has 4 nitrogen and oxygen atoms in total. The van der Waals surface area contributed by atoms with Gasteiger partial charge in [0, 0.05) is 19.2 Å². The molecule has 0 unspecified atom stereocenters. The molecule has 0 spiro atoms. The maximum Gasteiger partial charge on any atom is 0.407 e. The van der Waals surface area contributed by atoms with Gasteiger partial charge in [-0.15, -0.1) is 0 Å². The standard InChI is InChI=1S/C18H17FN2O2/c1-14-11-16(17(19)21-12-14)9-5-6-10-20-18(22)23-13-15-7-3-2-4-8-15/h2-4,7-8,11-12H,6,10,13H2,1H3,(H,20,22). The average Bonchev–Trinajstić information content (AvgIpc) is 2.56. The van der Waals surface area contributed by atoms with Crippen LogP contribution in [0.2, 0.25) is 0 Å². The number of halogens is 1. The summed E-state index contributed by atoms with van der Waals surface area (Å²) in [5.74, 6) is 4.92. The Bertz CT molecular complexity index is 721. The van der Waals surface area contributed by atoms with Crippen LogP contribution in [0.1, 0.15) is 23.1 Å². The largest absolute Gasteiger partial charge is 0.445 e. The van der Waals surface area contributed by atoms with Gasteiger partial charge in [-0.3, -0.25) is 0 Å². The van der Waals surface area contributed by atoms with E-state index in [1.807, 2.05) is 37.3 Å². The van der Waals surface area contributed by atoms with Gasteiger partial charge >= 0.3 is 6.09 Å². The maximum absolute atomic E-state index is 13.4. The number of ether oxygens (including phenoxy) is 1. The minimum absolute atomic E-state index is 0.221. The summed E-state index contributed by atoms with van der Waals surface area (Å²) in [5, 5.41) is 2.59. The highest BCUT2D eigenvalue weighted by Gasteiger charge is 2.01. The molecule has 1 aromatic carbocycles. The van der Waals surface area contributed by atoms with E-state index in [1.54, 1.807) is 6.07 Å². The van der Waals surface area contributed by atoms with Crippen LogP contribution in [0.5, 0.6) is 0 Å². The predicted molar refractivity (Wildman–Crippen MR) is 85.1 cm³/mol. The quantitative estimate of drug-likeness (QED) is 0.536. The number of amides is 1. The minimum atomic E-state index is -0.585. The molecule has 23 heavy (non-hydrogen) atoms. The highest BCUT2D eigenvalue weighted by atomic mass is 19.1. The van der Waals surface area contributed by atoms with Gasteiger partial charge in [-0.05, 0) is 24.1 Å². The number of alkyl carbamates (subject to hydrolysis) is 1. The lowest BCUT2D eigenvalue weighted by Gasteiger charge is -2.05. The Morgan fingerprint density at radius 1 is 1.35 bits per heavy atom. The second kappa shape index (κ2) is 8.54. The summed E-state index contributed by atoms with van der Waals surface area (Å²) >= 11 is 0. The first-order valence-corrected chi connectivity index (χ1v) is 7.21. The number of rotatable bonds is 4. The van der Waals surface area contributed by atoms with Crippen molar-refractivity contribution in [3.63, 3.8) is 0 Å². The van der Waals surface area contributed by atoms with E-state index in [0.29, 0.717) is 13.0 Å². The average molecular weight is 312 g/mol. The van der Waals surface area contributed by atoms with Crippen LogP contribution < -0.4 is 5.32 Å². The van der Waals surface area contributed by atoms with Crippen LogP contribution in [0.4, 0.5) is 9.18 Å². The molecule has 0 saturated carbocycles. The van der Waals surface area contributed by atoms with Crippen molar-refractivity contribution in [2.75, 3.05) is 6.54 Å². The zero-order valence-corrected chi connectivity index (χ0v) is 12.8. The van der Waals surface area contributed by atoms with E-state index in [9.17, 15) is 9.18 Å². The lowest BCUT2D eigenvalue weighted by molar-refractivity contribution is 0.140. The van der Waals surface area contributed by atoms with E-state index in [1.165, 1.54) is 6.20 Å². The molecule has 118 valence electrons. The van der Waals surface area contributed by atoms with Crippen molar-refractivity contribution in [1.82, 2.24) is 10.3 Å². The molecular weight excluding hydrogens is 295 g/mol. The van der Waals surface area contributed by atoms with E-state index < -0.39 is 12.0 Å². The Kier molecular flexibility index (Phi) is 6.13. The van der Waals surface area contributed by atoms with Crippen LogP contribution in [0.3, 0.4) is 0 Å². The number of hydrogen-bond donors (Lipinski definition) is 1. The van der Waals surface area contributed by atoms with Gasteiger partial charge in [0.05, 0.1) is 5.56 Å². The van der Waals surface area contributed by atoms with Gasteiger partial charge < -0.3 is 10.1 Å². The van der Waals surface area contributed by atoms with Crippen LogP contribution in [0, 0.1) is 24.7 Å². The van der Waals surface area contributed by atoms with Crippen LogP contribution in [-0.4, -0.2) is 17.6 Å². The molecule has 2 rings (SSSR count). The van der Waals surface area contributed by atoms with E-state index in [2.05, 4.69) is 22.1 Å². The summed E-state index contributed by atoms with van der Waals surface area (Å²) in [6, 6.07) is 11.1. The van der Waals surface area contributed by atoms with Gasteiger partial charge in [0.25, 0.3) is 0 Å². The molecule has 0 saturated heterocycles. The normalized spacial score (nSPS) is 9.65. The first-order chi connectivity index (χ1) is 11.1. The summed E-state index contributed by atoms with van der Waals surface area (Å²) in [4.78, 5) is 15.1. The molecule has 0 bridgehead atoms. The number of carbonyl (C=O) groups is 1. The van der Waals surface area contributed by atoms with Crippen molar-refractivity contribution in [3.05, 3.63) is 65.2 Å². The molecule has 0 fully saturated rings. The van der Waals surface area contributed by atoms with E-state index in [0.717, 1.165) is 11.1 Å². The molecule has 5 heteroatoms. The molecule has 1 N–H and O–H groups in total. The minimum Gasteiger partial charge on any atom is -0.445 e. The van der Waals surface area contributed by atoms with Gasteiger partial charge in [-0.2, -0.15) is 4.39 Å². The summed E-state index contributed by atoms with van der Waals surface area (Å²) in [6.07, 6.45) is 1.34. The third-order valence-corrected chi connectivity index (χ3v) is 2.93. The van der Waals surface area contributed by atoms with E-state index in [-0.39, 0.29) is 12.2 Å². The molecule has 2 aromatic rings. The first kappa shape index (κ1) is 16.5. The molecule has 1 heterocycles. The van der Waals surface area contributed by atoms with Crippen molar-refractivity contribution < 1.29 is 13.9 Å². The first-order valence-electron chi connectivity index (χ1n) is 7.21. The van der Waals surface area contributed by atoms with Gasteiger partial charge in [0.2, 0.25) is 5.95 Å². The van der Waals surface area contributed by atoms with Crippen molar-refractivity contribution in [2.45, 2.75) is 20.0 Å². The summed E-state index contributed by atoms with van der Waals surface area (Å²) < 4.78 is 18.4. The monoisotopic (exact) mass is 312 g/mol. The molecule has 0 aliphatic heterocycles. The molecule has 0 radical (unpaired) electrons. The summed E-state index contributed by atoms with van der Waals surface area (Å²) in [5.41, 5.74) is 2.03. The number of benzene rings is 1. The van der Waals surface area contributed by atoms with Gasteiger partial charge in [0.1, 0.15) is 6.61 Å². The number of pyridine rings is 1. The Morgan fingerprint density at radius 2 is 2.13 bits per heavy atom. The smallest absolute Gasteiger partial charge is 0.407 e. The number of hydrogen-bond acceptors (Lipinski definition) is 3. The number of nitrogens with zero attached hydrogens (tertiary/aromatic N) is 1. The van der Waals surface area contributed by atoms with E-state index in [4.69, 9.17) is 4.74 Å². The third-order valence-electron chi connectivity index (χ3n) is 2.93. The fourth-order valence-corrected chi connectivity index (χ4v) is 1.80. The van der Waals surface area contributed by atoms with Crippen molar-refractivity contribution in [2.24, 2.45) is 0 Å². The molecule has 1 aromatic heterocycles. The van der Waals surface area contributed by atoms with Crippen LogP contribution in [-0.2, 0) is 11.3 Å². The lowest BCUT2D eigenvalue weighted by Crippen LogP contribution is -2.24. The molecule has 0 atom stereocenters. The zero-order valence-electron chi connectivity index (χ0n) is 12.8. The second-order valence-electron chi connectivity index (χ2n) is 4.89. The number of aryl methyl sites for hydroxylation is 1. The highest BCUT2D eigenvalue weighted by Crippen LogP contribution is 2.05. The topological polar surface area (TPSA) is 51.2 Å². The van der Waals surface area contributed by atoms with Crippen LogP contribution in [0.15, 0.2) is 42.6 Å².